The molecule has 0 N–H and O–H groups in total. The molecule has 0 saturated carbocycles. The van der Waals surface area contributed by atoms with E-state index in [0.717, 1.165) is 15.4 Å². The van der Waals surface area contributed by atoms with Crippen LogP contribution in [0.1, 0.15) is 20.8 Å². The van der Waals surface area contributed by atoms with E-state index in [1.807, 2.05) is 55.8 Å². The number of halogens is 1. The molecule has 0 aliphatic heterocycles. The van der Waals surface area contributed by atoms with Crippen molar-refractivity contribution in [3.05, 3.63) is 34.9 Å². The van der Waals surface area contributed by atoms with Crippen LogP contribution < -0.4 is 0 Å². The summed E-state index contributed by atoms with van der Waals surface area (Å²) in [6.07, 6.45) is 1.92. The number of rotatable bonds is 3. The second kappa shape index (κ2) is 4.76. The van der Waals surface area contributed by atoms with E-state index in [1.165, 1.54) is 0 Å². The van der Waals surface area contributed by atoms with E-state index < -0.39 is 5.54 Å². The molecule has 0 spiro atoms. The number of carbonyl (C=O) groups is 1. The number of aromatic nitrogens is 1. The summed E-state index contributed by atoms with van der Waals surface area (Å²) in [5.41, 5.74) is 0.322. The third-order valence-electron chi connectivity index (χ3n) is 3.03. The van der Waals surface area contributed by atoms with Gasteiger partial charge in [0, 0.05) is 21.6 Å². The summed E-state index contributed by atoms with van der Waals surface area (Å²) in [5, 5.41) is 1.10. The van der Waals surface area contributed by atoms with Crippen LogP contribution in [0.3, 0.4) is 0 Å². The molecule has 0 unspecified atom stereocenters. The zero-order valence-corrected chi connectivity index (χ0v) is 12.3. The van der Waals surface area contributed by atoms with E-state index in [2.05, 4.69) is 15.9 Å². The lowest BCUT2D eigenvalue weighted by Crippen LogP contribution is -2.36. The lowest BCUT2D eigenvalue weighted by atomic mass is 10.1. The second-order valence-electron chi connectivity index (χ2n) is 4.67. The minimum atomic E-state index is -0.703. The summed E-state index contributed by atoms with van der Waals surface area (Å²) < 4.78 is 8.11. The van der Waals surface area contributed by atoms with E-state index >= 15 is 0 Å². The highest BCUT2D eigenvalue weighted by atomic mass is 79.9. The Hall–Kier alpha value is -1.29. The van der Waals surface area contributed by atoms with E-state index in [4.69, 9.17) is 4.74 Å². The lowest BCUT2D eigenvalue weighted by molar-refractivity contribution is -0.151. The third kappa shape index (κ3) is 2.17. The molecule has 2 rings (SSSR count). The highest BCUT2D eigenvalue weighted by Crippen LogP contribution is 2.27. The highest BCUT2D eigenvalue weighted by Gasteiger charge is 2.31. The maximum atomic E-state index is 12.0. The van der Waals surface area contributed by atoms with Gasteiger partial charge in [-0.2, -0.15) is 0 Å². The molecule has 1 heterocycles. The van der Waals surface area contributed by atoms with Crippen molar-refractivity contribution in [2.75, 3.05) is 6.61 Å². The first kappa shape index (κ1) is 13.1. The van der Waals surface area contributed by atoms with Gasteiger partial charge in [-0.1, -0.05) is 15.9 Å². The second-order valence-corrected chi connectivity index (χ2v) is 5.58. The average Bonchev–Trinajstić information content (AvgIpc) is 2.72. The Balaban J connectivity index is 2.50. The molecule has 0 amide bonds. The van der Waals surface area contributed by atoms with Crippen molar-refractivity contribution < 1.29 is 9.53 Å². The van der Waals surface area contributed by atoms with Gasteiger partial charge in [0.15, 0.2) is 0 Å². The predicted octanol–water partition coefficient (Wildman–Crippen LogP) is 3.70. The summed E-state index contributed by atoms with van der Waals surface area (Å²) >= 11 is 3.45. The molecule has 18 heavy (non-hydrogen) atoms. The molecule has 3 nitrogen and oxygen atoms in total. The summed E-state index contributed by atoms with van der Waals surface area (Å²) in [6.45, 7) is 5.95. The van der Waals surface area contributed by atoms with E-state index in [-0.39, 0.29) is 5.97 Å². The van der Waals surface area contributed by atoms with E-state index in [9.17, 15) is 4.79 Å². The standard InChI is InChI=1S/C14H16BrNO2/c1-4-18-13(17)14(2,3)16-8-7-10-9-11(15)5-6-12(10)16/h5-9H,4H2,1-3H3. The van der Waals surface area contributed by atoms with Crippen molar-refractivity contribution in [2.24, 2.45) is 0 Å². The molecule has 1 aromatic carbocycles. The molecule has 4 heteroatoms. The summed E-state index contributed by atoms with van der Waals surface area (Å²) in [5.74, 6) is -0.217. The summed E-state index contributed by atoms with van der Waals surface area (Å²) in [4.78, 5) is 12.0. The van der Waals surface area contributed by atoms with Gasteiger partial charge in [0.1, 0.15) is 5.54 Å². The smallest absolute Gasteiger partial charge is 0.331 e. The number of fused-ring (bicyclic) bond motifs is 1. The van der Waals surface area contributed by atoms with Gasteiger partial charge in [0.2, 0.25) is 0 Å². The van der Waals surface area contributed by atoms with Crippen LogP contribution in [0, 0.1) is 0 Å². The topological polar surface area (TPSA) is 31.2 Å². The lowest BCUT2D eigenvalue weighted by Gasteiger charge is -2.25. The normalized spacial score (nSPS) is 11.8. The van der Waals surface area contributed by atoms with Gasteiger partial charge in [-0.25, -0.2) is 4.79 Å². The van der Waals surface area contributed by atoms with Crippen LogP contribution in [-0.4, -0.2) is 17.1 Å². The van der Waals surface area contributed by atoms with Crippen molar-refractivity contribution in [1.82, 2.24) is 4.57 Å². The first-order valence-corrected chi connectivity index (χ1v) is 6.70. The van der Waals surface area contributed by atoms with Gasteiger partial charge in [-0.3, -0.25) is 0 Å². The van der Waals surface area contributed by atoms with Crippen molar-refractivity contribution in [1.29, 1.82) is 0 Å². The van der Waals surface area contributed by atoms with Gasteiger partial charge in [0.25, 0.3) is 0 Å². The van der Waals surface area contributed by atoms with Crippen molar-refractivity contribution in [3.8, 4) is 0 Å². The largest absolute Gasteiger partial charge is 0.464 e. The summed E-state index contributed by atoms with van der Waals surface area (Å²) in [7, 11) is 0. The fraction of sp³-hybridized carbons (Fsp3) is 0.357. The van der Waals surface area contributed by atoms with Crippen LogP contribution in [0.15, 0.2) is 34.9 Å². The minimum Gasteiger partial charge on any atom is -0.464 e. The Morgan fingerprint density at radius 1 is 1.39 bits per heavy atom. The van der Waals surface area contributed by atoms with E-state index in [0.29, 0.717) is 6.61 Å². The molecule has 2 aromatic rings. The van der Waals surface area contributed by atoms with Gasteiger partial charge < -0.3 is 9.30 Å². The maximum absolute atomic E-state index is 12.0. The number of nitrogens with zero attached hydrogens (tertiary/aromatic N) is 1. The van der Waals surface area contributed by atoms with E-state index in [1.54, 1.807) is 0 Å². The Bertz CT molecular complexity index is 586. The van der Waals surface area contributed by atoms with Crippen molar-refractivity contribution in [3.63, 3.8) is 0 Å². The Kier molecular flexibility index (Phi) is 3.48. The number of esters is 1. The Labute approximate surface area is 115 Å². The molecule has 96 valence electrons. The Morgan fingerprint density at radius 3 is 2.78 bits per heavy atom. The van der Waals surface area contributed by atoms with Crippen molar-refractivity contribution in [2.45, 2.75) is 26.3 Å². The molecular formula is C14H16BrNO2. The van der Waals surface area contributed by atoms with Crippen molar-refractivity contribution >= 4 is 32.8 Å². The average molecular weight is 310 g/mol. The molecule has 0 fully saturated rings. The fourth-order valence-electron chi connectivity index (χ4n) is 2.01. The monoisotopic (exact) mass is 309 g/mol. The molecule has 0 atom stereocenters. The quantitative estimate of drug-likeness (QED) is 0.809. The molecule has 0 radical (unpaired) electrons. The van der Waals surface area contributed by atoms with Crippen LogP contribution in [0.4, 0.5) is 0 Å². The van der Waals surface area contributed by atoms with Gasteiger partial charge in [-0.15, -0.1) is 0 Å². The Morgan fingerprint density at radius 2 is 2.11 bits per heavy atom. The molecule has 1 aromatic heterocycles. The highest BCUT2D eigenvalue weighted by molar-refractivity contribution is 9.10. The fourth-order valence-corrected chi connectivity index (χ4v) is 2.39. The number of hydrogen-bond acceptors (Lipinski definition) is 2. The van der Waals surface area contributed by atoms with Gasteiger partial charge in [-0.05, 0) is 45.0 Å². The van der Waals surface area contributed by atoms with Crippen LogP contribution in [0.25, 0.3) is 10.9 Å². The molecule has 0 saturated heterocycles. The minimum absolute atomic E-state index is 0.217. The molecular weight excluding hydrogens is 294 g/mol. The SMILES string of the molecule is CCOC(=O)C(C)(C)n1ccc2cc(Br)ccc21. The maximum Gasteiger partial charge on any atom is 0.331 e. The predicted molar refractivity (Wildman–Crippen MR) is 75.6 cm³/mol. The molecule has 0 aliphatic rings. The first-order chi connectivity index (χ1) is 8.46. The van der Waals surface area contributed by atoms with Gasteiger partial charge >= 0.3 is 5.97 Å². The number of ether oxygens (including phenoxy) is 1. The van der Waals surface area contributed by atoms with Crippen LogP contribution in [0.5, 0.6) is 0 Å². The zero-order valence-electron chi connectivity index (χ0n) is 10.7. The molecule has 0 aliphatic carbocycles. The number of hydrogen-bond donors (Lipinski definition) is 0. The van der Waals surface area contributed by atoms with Crippen LogP contribution in [0.2, 0.25) is 0 Å². The van der Waals surface area contributed by atoms with Gasteiger partial charge in [0.05, 0.1) is 6.61 Å². The van der Waals surface area contributed by atoms with Crippen LogP contribution in [-0.2, 0) is 15.1 Å². The van der Waals surface area contributed by atoms with Crippen LogP contribution >= 0.6 is 15.9 Å². The zero-order chi connectivity index (χ0) is 13.3. The molecule has 0 bridgehead atoms. The number of carbonyl (C=O) groups excluding carboxylic acids is 1. The number of benzene rings is 1. The summed E-state index contributed by atoms with van der Waals surface area (Å²) in [6, 6.07) is 8.01. The third-order valence-corrected chi connectivity index (χ3v) is 3.52. The first-order valence-electron chi connectivity index (χ1n) is 5.91.